The van der Waals surface area contributed by atoms with Crippen molar-refractivity contribution < 1.29 is 0 Å². The van der Waals surface area contributed by atoms with E-state index in [-0.39, 0.29) is 6.04 Å². The van der Waals surface area contributed by atoms with Crippen molar-refractivity contribution in [2.45, 2.75) is 121 Å². The third-order valence-electron chi connectivity index (χ3n) is 7.01. The number of nitriles is 1. The summed E-state index contributed by atoms with van der Waals surface area (Å²) in [6, 6.07) is 8.06. The minimum atomic E-state index is -0.0225. The lowest BCUT2D eigenvalue weighted by molar-refractivity contribution is 0.482. The number of allylic oxidation sites excluding steroid dienone is 2. The van der Waals surface area contributed by atoms with Crippen molar-refractivity contribution in [1.82, 2.24) is 15.5 Å². The van der Waals surface area contributed by atoms with Crippen LogP contribution < -0.4 is 21.1 Å². The summed E-state index contributed by atoms with van der Waals surface area (Å²) < 4.78 is 0. The van der Waals surface area contributed by atoms with Gasteiger partial charge in [0.1, 0.15) is 0 Å². The Morgan fingerprint density at radius 2 is 1.73 bits per heavy atom. The van der Waals surface area contributed by atoms with Crippen LogP contribution in [-0.2, 0) is 0 Å². The van der Waals surface area contributed by atoms with Gasteiger partial charge in [-0.25, -0.2) is 0 Å². The van der Waals surface area contributed by atoms with Gasteiger partial charge in [0.25, 0.3) is 0 Å². The summed E-state index contributed by atoms with van der Waals surface area (Å²) in [6.45, 7) is 23.2. The van der Waals surface area contributed by atoms with Crippen molar-refractivity contribution in [2.75, 3.05) is 12.4 Å². The van der Waals surface area contributed by atoms with E-state index in [9.17, 15) is 5.26 Å². The first kappa shape index (κ1) is 36.9. The van der Waals surface area contributed by atoms with Crippen LogP contribution in [-0.4, -0.2) is 17.2 Å². The first-order valence-electron chi connectivity index (χ1n) is 15.3. The highest BCUT2D eigenvalue weighted by Crippen LogP contribution is 2.22. The van der Waals surface area contributed by atoms with Gasteiger partial charge in [-0.1, -0.05) is 97.4 Å². The molecule has 0 amide bonds. The lowest BCUT2D eigenvalue weighted by Gasteiger charge is -2.18. The molecule has 2 rings (SSSR count). The molecule has 2 N–H and O–H groups in total. The van der Waals surface area contributed by atoms with E-state index in [1.165, 1.54) is 37.7 Å². The van der Waals surface area contributed by atoms with Crippen molar-refractivity contribution in [3.8, 4) is 6.07 Å². The van der Waals surface area contributed by atoms with Crippen LogP contribution in [0, 0.1) is 31.1 Å². The molecule has 222 valence electrons. The molecule has 2 atom stereocenters. The molecule has 0 radical (unpaired) electrons. The van der Waals surface area contributed by atoms with Crippen molar-refractivity contribution in [3.05, 3.63) is 62.8 Å². The maximum atomic E-state index is 9.35. The molecule has 0 bridgehead atoms. The highest BCUT2D eigenvalue weighted by molar-refractivity contribution is 5.57. The molecular weight excluding hydrogens is 490 g/mol. The third-order valence-corrected chi connectivity index (χ3v) is 7.01. The van der Waals surface area contributed by atoms with Gasteiger partial charge in [0.15, 0.2) is 5.82 Å². The Labute approximate surface area is 245 Å². The number of nitrogens with zero attached hydrogens (tertiary/aromatic N) is 3. The van der Waals surface area contributed by atoms with Crippen LogP contribution >= 0.6 is 0 Å². The molecule has 1 unspecified atom stereocenters. The monoisotopic (exact) mass is 547 g/mol. The molecule has 1 aromatic carbocycles. The molecule has 5 heteroatoms. The molecule has 0 aliphatic rings. The summed E-state index contributed by atoms with van der Waals surface area (Å²) in [5, 5.41) is 27.1. The van der Waals surface area contributed by atoms with Crippen molar-refractivity contribution in [1.29, 1.82) is 5.26 Å². The fraction of sp³-hybridized carbons (Fsp3) is 0.571. The highest BCUT2D eigenvalue weighted by Gasteiger charge is 2.14. The predicted molar refractivity (Wildman–Crippen MR) is 176 cm³/mol. The standard InChI is InChI=1S/C24H31N5.C9H20.C2H6/c1-8-10-20(26-7)13-22-23(15(2)3)18(6)28-29-24(22)27-17(5)21-12-9-11-19(14-25)16(21)4;1-4-6-7-8-9(3)5-2;1-2/h9-13,17,26H,8H2,1-7H3,(H,27,29);9H,4-8H2,1-3H3;1-2H3/b20-10-,22-13+;;/t17-;;/m1../s1. The minimum Gasteiger partial charge on any atom is -0.388 e. The summed E-state index contributed by atoms with van der Waals surface area (Å²) in [5.74, 6) is 1.69. The second kappa shape index (κ2) is 20.7. The summed E-state index contributed by atoms with van der Waals surface area (Å²) in [4.78, 5) is 0. The highest BCUT2D eigenvalue weighted by atomic mass is 15.2. The van der Waals surface area contributed by atoms with Crippen LogP contribution in [0.15, 0.2) is 30.0 Å². The van der Waals surface area contributed by atoms with Gasteiger partial charge >= 0.3 is 0 Å². The maximum absolute atomic E-state index is 9.35. The maximum Gasteiger partial charge on any atom is 0.157 e. The smallest absolute Gasteiger partial charge is 0.157 e. The average molecular weight is 548 g/mol. The Kier molecular flexibility index (Phi) is 19.1. The molecule has 0 saturated heterocycles. The van der Waals surface area contributed by atoms with Gasteiger partial charge in [-0.2, -0.15) is 10.4 Å². The summed E-state index contributed by atoms with van der Waals surface area (Å²) in [7, 11) is 1.92. The number of hydrogen-bond donors (Lipinski definition) is 2. The average Bonchev–Trinajstić information content (AvgIpc) is 2.95. The van der Waals surface area contributed by atoms with Crippen LogP contribution in [0.4, 0.5) is 5.82 Å². The molecule has 1 aromatic heterocycles. The van der Waals surface area contributed by atoms with Gasteiger partial charge in [0.05, 0.1) is 23.4 Å². The molecule has 0 fully saturated rings. The first-order valence-corrected chi connectivity index (χ1v) is 15.3. The Morgan fingerprint density at radius 3 is 2.25 bits per heavy atom. The second-order valence-electron chi connectivity index (χ2n) is 10.4. The minimum absolute atomic E-state index is 0.0225. The number of hydrogen-bond acceptors (Lipinski definition) is 5. The SMILES string of the molecule is CC.CC/C=C(/C=c1/c(N[C@H](C)c2cccc(C#N)c2C)nnc(C)c1=C(C)C)NC.CCCCCC(C)CC. The zero-order valence-corrected chi connectivity index (χ0v) is 27.6. The fourth-order valence-electron chi connectivity index (χ4n) is 4.50. The van der Waals surface area contributed by atoms with E-state index >= 15 is 0 Å². The topological polar surface area (TPSA) is 73.6 Å². The van der Waals surface area contributed by atoms with Gasteiger partial charge in [-0.15, -0.1) is 5.10 Å². The van der Waals surface area contributed by atoms with Gasteiger partial charge in [-0.3, -0.25) is 0 Å². The van der Waals surface area contributed by atoms with Crippen LogP contribution in [0.2, 0.25) is 0 Å². The number of aromatic nitrogens is 2. The molecular formula is C35H57N5. The Morgan fingerprint density at radius 1 is 1.05 bits per heavy atom. The molecule has 2 aromatic rings. The van der Waals surface area contributed by atoms with E-state index in [4.69, 9.17) is 0 Å². The number of benzene rings is 1. The lowest BCUT2D eigenvalue weighted by Crippen LogP contribution is -2.35. The normalized spacial score (nSPS) is 12.7. The van der Waals surface area contributed by atoms with E-state index in [0.717, 1.165) is 51.1 Å². The Hall–Kier alpha value is -3.13. The predicted octanol–water partition coefficient (Wildman–Crippen LogP) is 8.26. The van der Waals surface area contributed by atoms with E-state index in [2.05, 4.69) is 87.5 Å². The molecule has 40 heavy (non-hydrogen) atoms. The van der Waals surface area contributed by atoms with Crippen LogP contribution in [0.5, 0.6) is 0 Å². The van der Waals surface area contributed by atoms with Crippen molar-refractivity contribution >= 4 is 17.5 Å². The summed E-state index contributed by atoms with van der Waals surface area (Å²) in [6.07, 6.45) is 12.2. The fourth-order valence-corrected chi connectivity index (χ4v) is 4.50. The lowest BCUT2D eigenvalue weighted by atomic mass is 9.98. The van der Waals surface area contributed by atoms with Gasteiger partial charge in [-0.05, 0) is 70.2 Å². The molecule has 1 heterocycles. The van der Waals surface area contributed by atoms with Crippen LogP contribution in [0.3, 0.4) is 0 Å². The summed E-state index contributed by atoms with van der Waals surface area (Å²) >= 11 is 0. The van der Waals surface area contributed by atoms with E-state index < -0.39 is 0 Å². The molecule has 0 saturated carbocycles. The summed E-state index contributed by atoms with van der Waals surface area (Å²) in [5.41, 5.74) is 5.90. The van der Waals surface area contributed by atoms with Gasteiger partial charge in [0.2, 0.25) is 0 Å². The van der Waals surface area contributed by atoms with Crippen molar-refractivity contribution in [2.24, 2.45) is 5.92 Å². The number of rotatable bonds is 11. The number of anilines is 1. The van der Waals surface area contributed by atoms with Crippen molar-refractivity contribution in [3.63, 3.8) is 0 Å². The van der Waals surface area contributed by atoms with Gasteiger partial charge < -0.3 is 10.6 Å². The molecule has 0 aliphatic carbocycles. The number of nitrogens with one attached hydrogen (secondary N) is 2. The van der Waals surface area contributed by atoms with Crippen LogP contribution in [0.25, 0.3) is 11.6 Å². The second-order valence-corrected chi connectivity index (χ2v) is 10.4. The molecule has 0 aliphatic heterocycles. The quantitative estimate of drug-likeness (QED) is 0.277. The molecule has 5 nitrogen and oxygen atoms in total. The number of unbranched alkanes of at least 4 members (excludes halogenated alkanes) is 2. The van der Waals surface area contributed by atoms with E-state index in [0.29, 0.717) is 5.56 Å². The zero-order valence-electron chi connectivity index (χ0n) is 27.6. The third kappa shape index (κ3) is 11.9. The Balaban J connectivity index is 0.00000117. The van der Waals surface area contributed by atoms with Gasteiger partial charge in [0, 0.05) is 23.2 Å². The largest absolute Gasteiger partial charge is 0.388 e. The Bertz CT molecular complexity index is 1200. The number of aryl methyl sites for hydroxylation is 1. The molecule has 0 spiro atoms. The van der Waals surface area contributed by atoms with E-state index in [1.54, 1.807) is 0 Å². The van der Waals surface area contributed by atoms with Crippen LogP contribution in [0.1, 0.15) is 129 Å². The zero-order chi connectivity index (χ0) is 30.7. The first-order chi connectivity index (χ1) is 19.1. The van der Waals surface area contributed by atoms with E-state index in [1.807, 2.05) is 52.9 Å².